The van der Waals surface area contributed by atoms with Crippen molar-refractivity contribution in [3.8, 4) is 17.0 Å². The first-order valence-corrected chi connectivity index (χ1v) is 10.4. The third-order valence-corrected chi connectivity index (χ3v) is 5.27. The van der Waals surface area contributed by atoms with Crippen LogP contribution >= 0.6 is 11.6 Å². The molecule has 2 aromatic heterocycles. The number of H-pyrrole nitrogens is 1. The SMILES string of the molecule is Cc1nn(Cc2cccc(Cl)c2)c(C)c1NC(=O)c1cc(-c2ccc(OC(F)F)cc2)n[nH]1. The van der Waals surface area contributed by atoms with E-state index >= 15 is 0 Å². The highest BCUT2D eigenvalue weighted by atomic mass is 35.5. The number of amides is 1. The van der Waals surface area contributed by atoms with Crippen molar-refractivity contribution in [1.29, 1.82) is 0 Å². The number of anilines is 1. The first-order valence-electron chi connectivity index (χ1n) is 10.0. The van der Waals surface area contributed by atoms with E-state index in [1.54, 1.807) is 22.9 Å². The molecule has 0 aliphatic heterocycles. The molecule has 33 heavy (non-hydrogen) atoms. The summed E-state index contributed by atoms with van der Waals surface area (Å²) in [7, 11) is 0. The monoisotopic (exact) mass is 471 g/mol. The van der Waals surface area contributed by atoms with Gasteiger partial charge in [-0.3, -0.25) is 14.6 Å². The lowest BCUT2D eigenvalue weighted by molar-refractivity contribution is -0.0498. The normalized spacial score (nSPS) is 11.1. The lowest BCUT2D eigenvalue weighted by Gasteiger charge is -2.07. The highest BCUT2D eigenvalue weighted by Gasteiger charge is 2.18. The van der Waals surface area contributed by atoms with Gasteiger partial charge in [-0.15, -0.1) is 0 Å². The predicted octanol–water partition coefficient (Wildman–Crippen LogP) is 5.45. The second-order valence-corrected chi connectivity index (χ2v) is 7.79. The fourth-order valence-electron chi connectivity index (χ4n) is 3.41. The molecule has 2 N–H and O–H groups in total. The summed E-state index contributed by atoms with van der Waals surface area (Å²) in [6.45, 7) is 1.32. The third kappa shape index (κ3) is 5.20. The molecular formula is C23H20ClF2N5O2. The number of hydrogen-bond acceptors (Lipinski definition) is 4. The van der Waals surface area contributed by atoms with E-state index in [-0.39, 0.29) is 17.4 Å². The zero-order chi connectivity index (χ0) is 23.5. The van der Waals surface area contributed by atoms with Crippen LogP contribution in [-0.2, 0) is 6.54 Å². The summed E-state index contributed by atoms with van der Waals surface area (Å²) in [5.41, 5.74) is 4.48. The van der Waals surface area contributed by atoms with Gasteiger partial charge >= 0.3 is 6.61 Å². The Morgan fingerprint density at radius 2 is 1.94 bits per heavy atom. The van der Waals surface area contributed by atoms with Crippen LogP contribution in [0.5, 0.6) is 5.75 Å². The van der Waals surface area contributed by atoms with Crippen molar-refractivity contribution in [3.63, 3.8) is 0 Å². The number of aromatic nitrogens is 4. The van der Waals surface area contributed by atoms with Crippen molar-refractivity contribution in [2.75, 3.05) is 5.32 Å². The van der Waals surface area contributed by atoms with Crippen LogP contribution in [0.25, 0.3) is 11.3 Å². The van der Waals surface area contributed by atoms with Crippen LogP contribution in [0.3, 0.4) is 0 Å². The summed E-state index contributed by atoms with van der Waals surface area (Å²) in [6, 6.07) is 15.1. The summed E-state index contributed by atoms with van der Waals surface area (Å²) in [5, 5.41) is 14.9. The molecule has 1 amide bonds. The minimum absolute atomic E-state index is 0.0444. The Bertz CT molecular complexity index is 1280. The Hall–Kier alpha value is -3.72. The van der Waals surface area contributed by atoms with Crippen molar-refractivity contribution in [3.05, 3.63) is 82.3 Å². The number of aryl methyl sites for hydroxylation is 1. The van der Waals surface area contributed by atoms with Crippen molar-refractivity contribution < 1.29 is 18.3 Å². The van der Waals surface area contributed by atoms with Gasteiger partial charge in [-0.1, -0.05) is 23.7 Å². The van der Waals surface area contributed by atoms with Crippen LogP contribution in [0.4, 0.5) is 14.5 Å². The van der Waals surface area contributed by atoms with E-state index in [1.807, 2.05) is 38.1 Å². The first-order chi connectivity index (χ1) is 15.8. The van der Waals surface area contributed by atoms with Gasteiger partial charge in [-0.25, -0.2) is 0 Å². The van der Waals surface area contributed by atoms with Gasteiger partial charge in [-0.2, -0.15) is 19.0 Å². The van der Waals surface area contributed by atoms with Gasteiger partial charge in [0.2, 0.25) is 0 Å². The van der Waals surface area contributed by atoms with E-state index in [2.05, 4.69) is 25.3 Å². The predicted molar refractivity (Wildman–Crippen MR) is 121 cm³/mol. The maximum absolute atomic E-state index is 12.8. The maximum atomic E-state index is 12.8. The zero-order valence-corrected chi connectivity index (χ0v) is 18.5. The standard InChI is InChI=1S/C23H20ClF2N5O2/c1-13-21(14(2)31(30-13)12-15-4-3-5-17(24)10-15)27-22(32)20-11-19(28-29-20)16-6-8-18(9-7-16)33-23(25)26/h3-11,23H,12H2,1-2H3,(H,27,32)(H,28,29). The van der Waals surface area contributed by atoms with E-state index in [0.29, 0.717) is 34.2 Å². The van der Waals surface area contributed by atoms with Crippen molar-refractivity contribution >= 4 is 23.2 Å². The molecule has 0 fully saturated rings. The largest absolute Gasteiger partial charge is 0.435 e. The van der Waals surface area contributed by atoms with E-state index in [9.17, 15) is 13.6 Å². The van der Waals surface area contributed by atoms with Gasteiger partial charge in [0.25, 0.3) is 5.91 Å². The average Bonchev–Trinajstić information content (AvgIpc) is 3.35. The van der Waals surface area contributed by atoms with Gasteiger partial charge in [0.15, 0.2) is 0 Å². The number of rotatable bonds is 7. The number of aromatic amines is 1. The van der Waals surface area contributed by atoms with Crippen molar-refractivity contribution in [1.82, 2.24) is 20.0 Å². The first kappa shape index (κ1) is 22.5. The molecule has 0 radical (unpaired) electrons. The molecule has 7 nitrogen and oxygen atoms in total. The molecule has 0 atom stereocenters. The smallest absolute Gasteiger partial charge is 0.387 e. The molecule has 0 saturated heterocycles. The molecule has 0 aliphatic carbocycles. The molecule has 0 bridgehead atoms. The van der Waals surface area contributed by atoms with E-state index in [4.69, 9.17) is 11.6 Å². The number of alkyl halides is 2. The highest BCUT2D eigenvalue weighted by Crippen LogP contribution is 2.24. The number of nitrogens with one attached hydrogen (secondary N) is 2. The number of carbonyl (C=O) groups excluding carboxylic acids is 1. The molecule has 0 aliphatic rings. The van der Waals surface area contributed by atoms with Crippen LogP contribution in [0.2, 0.25) is 5.02 Å². The molecule has 170 valence electrons. The second kappa shape index (κ2) is 9.41. The Kier molecular flexibility index (Phi) is 6.41. The second-order valence-electron chi connectivity index (χ2n) is 7.36. The molecule has 2 heterocycles. The zero-order valence-electron chi connectivity index (χ0n) is 17.8. The van der Waals surface area contributed by atoms with Crippen LogP contribution in [-0.4, -0.2) is 32.5 Å². The lowest BCUT2D eigenvalue weighted by atomic mass is 10.1. The Morgan fingerprint density at radius 1 is 1.18 bits per heavy atom. The summed E-state index contributed by atoms with van der Waals surface area (Å²) < 4.78 is 30.8. The minimum atomic E-state index is -2.89. The topological polar surface area (TPSA) is 84.8 Å². The molecular weight excluding hydrogens is 452 g/mol. The summed E-state index contributed by atoms with van der Waals surface area (Å²) in [6.07, 6.45) is 0. The fourth-order valence-corrected chi connectivity index (χ4v) is 3.63. The third-order valence-electron chi connectivity index (χ3n) is 5.04. The quantitative estimate of drug-likeness (QED) is 0.375. The lowest BCUT2D eigenvalue weighted by Crippen LogP contribution is -2.14. The van der Waals surface area contributed by atoms with Gasteiger partial charge in [0.05, 0.1) is 29.3 Å². The summed E-state index contributed by atoms with van der Waals surface area (Å²) in [4.78, 5) is 12.8. The average molecular weight is 472 g/mol. The van der Waals surface area contributed by atoms with E-state index < -0.39 is 6.61 Å². The van der Waals surface area contributed by atoms with Crippen LogP contribution in [0, 0.1) is 13.8 Å². The number of nitrogens with zero attached hydrogens (tertiary/aromatic N) is 3. The number of ether oxygens (including phenoxy) is 1. The van der Waals surface area contributed by atoms with Crippen LogP contribution in [0.15, 0.2) is 54.6 Å². The summed E-state index contributed by atoms with van der Waals surface area (Å²) in [5.74, 6) is -0.331. The van der Waals surface area contributed by atoms with Crippen molar-refractivity contribution in [2.24, 2.45) is 0 Å². The number of hydrogen-bond donors (Lipinski definition) is 2. The van der Waals surface area contributed by atoms with E-state index in [1.165, 1.54) is 12.1 Å². The maximum Gasteiger partial charge on any atom is 0.387 e. The highest BCUT2D eigenvalue weighted by molar-refractivity contribution is 6.30. The van der Waals surface area contributed by atoms with Gasteiger partial charge < -0.3 is 10.1 Å². The van der Waals surface area contributed by atoms with Crippen molar-refractivity contribution in [2.45, 2.75) is 27.0 Å². The Morgan fingerprint density at radius 3 is 2.64 bits per heavy atom. The van der Waals surface area contributed by atoms with Crippen LogP contribution in [0.1, 0.15) is 27.4 Å². The number of halogens is 3. The molecule has 0 saturated carbocycles. The van der Waals surface area contributed by atoms with Gasteiger partial charge in [0, 0.05) is 10.6 Å². The Balaban J connectivity index is 1.48. The number of benzene rings is 2. The molecule has 4 aromatic rings. The molecule has 10 heteroatoms. The van der Waals surface area contributed by atoms with Gasteiger partial charge in [-0.05, 0) is 61.9 Å². The minimum Gasteiger partial charge on any atom is -0.435 e. The molecule has 2 aromatic carbocycles. The van der Waals surface area contributed by atoms with E-state index in [0.717, 1.165) is 11.3 Å². The molecule has 0 unspecified atom stereocenters. The van der Waals surface area contributed by atoms with Gasteiger partial charge in [0.1, 0.15) is 11.4 Å². The summed E-state index contributed by atoms with van der Waals surface area (Å²) >= 11 is 6.07. The molecule has 0 spiro atoms. The fraction of sp³-hybridized carbons (Fsp3) is 0.174. The molecule has 4 rings (SSSR count). The Labute approximate surface area is 193 Å². The van der Waals surface area contributed by atoms with Crippen LogP contribution < -0.4 is 10.1 Å². The number of carbonyl (C=O) groups is 1.